The molecule has 0 fully saturated rings. The first-order valence-electron chi connectivity index (χ1n) is 8.92. The third kappa shape index (κ3) is 4.26. The summed E-state index contributed by atoms with van der Waals surface area (Å²) in [5.74, 6) is -0.299. The van der Waals surface area contributed by atoms with Crippen LogP contribution in [0.25, 0.3) is 5.69 Å². The molecule has 28 heavy (non-hydrogen) atoms. The zero-order valence-corrected chi connectivity index (χ0v) is 17.2. The van der Waals surface area contributed by atoms with E-state index in [0.29, 0.717) is 10.6 Å². The van der Waals surface area contributed by atoms with Crippen molar-refractivity contribution in [2.75, 3.05) is 19.0 Å². The Labute approximate surface area is 170 Å². The van der Waals surface area contributed by atoms with Crippen LogP contribution in [0.4, 0.5) is 5.69 Å². The van der Waals surface area contributed by atoms with Gasteiger partial charge in [-0.3, -0.25) is 4.79 Å². The van der Waals surface area contributed by atoms with Gasteiger partial charge in [0.1, 0.15) is 0 Å². The minimum atomic E-state index is -0.299. The first kappa shape index (κ1) is 19.7. The molecular weight excluding hydrogens is 372 g/mol. The van der Waals surface area contributed by atoms with Crippen LogP contribution in [0.1, 0.15) is 27.3 Å². The van der Waals surface area contributed by atoms with Gasteiger partial charge in [-0.25, -0.2) is 5.43 Å². The van der Waals surface area contributed by atoms with Crippen molar-refractivity contribution in [3.63, 3.8) is 0 Å². The summed E-state index contributed by atoms with van der Waals surface area (Å²) < 4.78 is 2.17. The Kier molecular flexibility index (Phi) is 5.85. The van der Waals surface area contributed by atoms with Crippen molar-refractivity contribution in [1.82, 2.24) is 9.99 Å². The van der Waals surface area contributed by atoms with Crippen molar-refractivity contribution in [1.29, 1.82) is 0 Å². The van der Waals surface area contributed by atoms with Gasteiger partial charge < -0.3 is 9.47 Å². The van der Waals surface area contributed by atoms with Gasteiger partial charge in [0.25, 0.3) is 5.91 Å². The van der Waals surface area contributed by atoms with Crippen LogP contribution in [0.2, 0.25) is 5.02 Å². The molecule has 0 saturated heterocycles. The fourth-order valence-corrected chi connectivity index (χ4v) is 3.26. The van der Waals surface area contributed by atoms with Gasteiger partial charge in [-0.05, 0) is 62.4 Å². The number of hydrazone groups is 1. The average molecular weight is 395 g/mol. The van der Waals surface area contributed by atoms with Crippen molar-refractivity contribution in [3.8, 4) is 5.69 Å². The SMILES string of the molecule is Cc1cc(/C=N\NC(=O)c2cccc(Cl)c2)c(C)n1-c1ccc(N(C)C)cc1. The normalized spacial score (nSPS) is 11.0. The zero-order chi connectivity index (χ0) is 20.3. The highest BCUT2D eigenvalue weighted by molar-refractivity contribution is 6.30. The smallest absolute Gasteiger partial charge is 0.271 e. The topological polar surface area (TPSA) is 49.6 Å². The summed E-state index contributed by atoms with van der Waals surface area (Å²) in [7, 11) is 4.04. The number of rotatable bonds is 5. The number of benzene rings is 2. The molecule has 0 spiro atoms. The molecule has 0 unspecified atom stereocenters. The molecule has 0 saturated carbocycles. The molecule has 5 nitrogen and oxygen atoms in total. The minimum absolute atomic E-state index is 0.299. The van der Waals surface area contributed by atoms with Crippen LogP contribution in [0, 0.1) is 13.8 Å². The zero-order valence-electron chi connectivity index (χ0n) is 16.4. The Morgan fingerprint density at radius 1 is 1.11 bits per heavy atom. The van der Waals surface area contributed by atoms with Gasteiger partial charge in [0, 0.05) is 53.0 Å². The Hall–Kier alpha value is -3.05. The summed E-state index contributed by atoms with van der Waals surface area (Å²) in [5.41, 5.74) is 8.34. The van der Waals surface area contributed by atoms with Gasteiger partial charge in [-0.1, -0.05) is 17.7 Å². The molecule has 3 aromatic rings. The molecule has 3 rings (SSSR count). The van der Waals surface area contributed by atoms with E-state index in [4.69, 9.17) is 11.6 Å². The van der Waals surface area contributed by atoms with Crippen molar-refractivity contribution in [3.05, 3.63) is 82.1 Å². The third-order valence-corrected chi connectivity index (χ3v) is 4.79. The van der Waals surface area contributed by atoms with Crippen LogP contribution in [0.3, 0.4) is 0 Å². The van der Waals surface area contributed by atoms with Crippen LogP contribution in [-0.4, -0.2) is 30.8 Å². The number of hydrogen-bond donors (Lipinski definition) is 1. The Morgan fingerprint density at radius 3 is 2.46 bits per heavy atom. The third-order valence-electron chi connectivity index (χ3n) is 4.55. The molecule has 2 aromatic carbocycles. The predicted molar refractivity (Wildman–Crippen MR) is 116 cm³/mol. The van der Waals surface area contributed by atoms with Gasteiger partial charge in [0.2, 0.25) is 0 Å². The van der Waals surface area contributed by atoms with E-state index in [0.717, 1.165) is 28.3 Å². The standard InChI is InChI=1S/C22H23ClN4O/c1-15-12-18(14-24-25-22(28)17-6-5-7-19(23)13-17)16(2)27(15)21-10-8-20(9-11-21)26(3)4/h5-14H,1-4H3,(H,25,28)/b24-14-. The Balaban J connectivity index is 1.78. The number of anilines is 1. The molecule has 1 aromatic heterocycles. The van der Waals surface area contributed by atoms with Gasteiger partial charge >= 0.3 is 0 Å². The second kappa shape index (κ2) is 8.31. The maximum absolute atomic E-state index is 12.2. The van der Waals surface area contributed by atoms with Crippen LogP contribution in [-0.2, 0) is 0 Å². The molecule has 1 heterocycles. The molecule has 0 radical (unpaired) electrons. The van der Waals surface area contributed by atoms with Gasteiger partial charge in [0.05, 0.1) is 6.21 Å². The quantitative estimate of drug-likeness (QED) is 0.508. The molecule has 0 aliphatic carbocycles. The number of nitrogens with one attached hydrogen (secondary N) is 1. The predicted octanol–water partition coefficient (Wildman–Crippen LogP) is 4.58. The van der Waals surface area contributed by atoms with E-state index in [9.17, 15) is 4.79 Å². The Morgan fingerprint density at radius 2 is 1.82 bits per heavy atom. The molecule has 1 amide bonds. The highest BCUT2D eigenvalue weighted by Crippen LogP contribution is 2.22. The number of hydrogen-bond acceptors (Lipinski definition) is 3. The van der Waals surface area contributed by atoms with E-state index in [1.54, 1.807) is 30.5 Å². The number of carbonyl (C=O) groups is 1. The Bertz CT molecular complexity index is 1020. The fourth-order valence-electron chi connectivity index (χ4n) is 3.07. The van der Waals surface area contributed by atoms with Crippen molar-refractivity contribution >= 4 is 29.4 Å². The summed E-state index contributed by atoms with van der Waals surface area (Å²) in [4.78, 5) is 14.2. The first-order valence-corrected chi connectivity index (χ1v) is 9.30. The average Bonchev–Trinajstić information content (AvgIpc) is 2.95. The lowest BCUT2D eigenvalue weighted by molar-refractivity contribution is 0.0955. The molecule has 0 aliphatic heterocycles. The fraction of sp³-hybridized carbons (Fsp3) is 0.182. The minimum Gasteiger partial charge on any atom is -0.378 e. The maximum Gasteiger partial charge on any atom is 0.271 e. The van der Waals surface area contributed by atoms with Crippen molar-refractivity contribution in [2.24, 2.45) is 5.10 Å². The molecule has 144 valence electrons. The maximum atomic E-state index is 12.2. The number of aromatic nitrogens is 1. The summed E-state index contributed by atoms with van der Waals surface area (Å²) >= 11 is 5.92. The largest absolute Gasteiger partial charge is 0.378 e. The molecular formula is C22H23ClN4O. The van der Waals surface area contributed by atoms with Gasteiger partial charge in [-0.2, -0.15) is 5.10 Å². The van der Waals surface area contributed by atoms with E-state index in [1.165, 1.54) is 0 Å². The molecule has 0 aliphatic rings. The highest BCUT2D eigenvalue weighted by atomic mass is 35.5. The van der Waals surface area contributed by atoms with Crippen LogP contribution >= 0.6 is 11.6 Å². The molecule has 0 atom stereocenters. The lowest BCUT2D eigenvalue weighted by Crippen LogP contribution is -2.17. The van der Waals surface area contributed by atoms with E-state index < -0.39 is 0 Å². The monoisotopic (exact) mass is 394 g/mol. The number of carbonyl (C=O) groups excluding carboxylic acids is 1. The molecule has 6 heteroatoms. The van der Waals surface area contributed by atoms with Gasteiger partial charge in [0.15, 0.2) is 0 Å². The van der Waals surface area contributed by atoms with E-state index in [-0.39, 0.29) is 5.91 Å². The van der Waals surface area contributed by atoms with Crippen LogP contribution in [0.5, 0.6) is 0 Å². The number of nitrogens with zero attached hydrogens (tertiary/aromatic N) is 3. The second-order valence-electron chi connectivity index (χ2n) is 6.78. The van der Waals surface area contributed by atoms with E-state index >= 15 is 0 Å². The van der Waals surface area contributed by atoms with Crippen LogP contribution in [0.15, 0.2) is 59.7 Å². The summed E-state index contributed by atoms with van der Waals surface area (Å²) in [6.45, 7) is 4.09. The molecule has 0 bridgehead atoms. The first-order chi connectivity index (χ1) is 13.4. The lowest BCUT2D eigenvalue weighted by Gasteiger charge is -2.14. The number of amides is 1. The lowest BCUT2D eigenvalue weighted by atomic mass is 10.2. The molecule has 1 N–H and O–H groups in total. The highest BCUT2D eigenvalue weighted by Gasteiger charge is 2.10. The summed E-state index contributed by atoms with van der Waals surface area (Å²) in [6.07, 6.45) is 1.66. The second-order valence-corrected chi connectivity index (χ2v) is 7.22. The van der Waals surface area contributed by atoms with Gasteiger partial charge in [-0.15, -0.1) is 0 Å². The summed E-state index contributed by atoms with van der Waals surface area (Å²) in [5, 5.41) is 4.62. The number of aryl methyl sites for hydroxylation is 1. The van der Waals surface area contributed by atoms with E-state index in [2.05, 4.69) is 51.2 Å². The van der Waals surface area contributed by atoms with Crippen LogP contribution < -0.4 is 10.3 Å². The van der Waals surface area contributed by atoms with Crippen molar-refractivity contribution in [2.45, 2.75) is 13.8 Å². The van der Waals surface area contributed by atoms with Crippen molar-refractivity contribution < 1.29 is 4.79 Å². The summed E-state index contributed by atoms with van der Waals surface area (Å²) in [6, 6.07) is 17.2. The van der Waals surface area contributed by atoms with E-state index in [1.807, 2.05) is 27.1 Å². The number of halogens is 1.